The standard InChI is InChI=1S/C20H40N6O10/c1-4(26-20(24)25)14-12(31)13(32)19(33-14)36-17-9(28)6(21)3-7(22)16(17)35-18-8(23)10(29)11(30)15(34-18)5(2)27/h4-19,27-32H,3,21-23H2,1-2H3,(H4,24,25,26)/t4-,5-,6-,7?,8?,9?,10?,11+,12?,13?,14-,15?,16-,17?,18-,19+/m1/s1. The topological polar surface area (TPSA) is 298 Å². The van der Waals surface area contributed by atoms with Crippen LogP contribution < -0.4 is 28.3 Å². The quantitative estimate of drug-likeness (QED) is 0.109. The van der Waals surface area contributed by atoms with E-state index in [1.165, 1.54) is 6.92 Å². The molecular weight excluding hydrogens is 484 g/mol. The Morgan fingerprint density at radius 1 is 0.833 bits per heavy atom. The van der Waals surface area contributed by atoms with Gasteiger partial charge in [0.1, 0.15) is 48.8 Å². The minimum atomic E-state index is -1.54. The van der Waals surface area contributed by atoms with Crippen LogP contribution in [0, 0.1) is 5.41 Å². The van der Waals surface area contributed by atoms with Crippen molar-refractivity contribution in [2.75, 3.05) is 0 Å². The van der Waals surface area contributed by atoms with Crippen molar-refractivity contribution in [1.29, 1.82) is 5.41 Å². The number of aliphatic hydroxyl groups excluding tert-OH is 6. The first kappa shape index (κ1) is 29.3. The van der Waals surface area contributed by atoms with Crippen molar-refractivity contribution in [2.24, 2.45) is 22.9 Å². The number of hydrogen-bond donors (Lipinski definition) is 12. The third-order valence-electron chi connectivity index (χ3n) is 6.94. The highest BCUT2D eigenvalue weighted by Crippen LogP contribution is 2.33. The third kappa shape index (κ3) is 5.91. The second-order valence-corrected chi connectivity index (χ2v) is 9.82. The highest BCUT2D eigenvalue weighted by atomic mass is 16.7. The molecule has 3 aliphatic rings. The fraction of sp³-hybridized carbons (Fsp3) is 0.950. The SMILES string of the molecule is C[C@@H](O)C1O[C@H](O[C@@H]2C(N)C[C@@H](N)C(O)C2O[C@@H]2O[C@H]([C@@H](C)NC(=N)N)C(O)C2O)C(N)C(O)[C@@H]1O. The molecule has 0 radical (unpaired) electrons. The fourth-order valence-corrected chi connectivity index (χ4v) is 4.87. The molecule has 16 nitrogen and oxygen atoms in total. The van der Waals surface area contributed by atoms with Gasteiger partial charge in [-0.1, -0.05) is 0 Å². The molecule has 2 saturated heterocycles. The molecule has 2 heterocycles. The third-order valence-corrected chi connectivity index (χ3v) is 6.94. The smallest absolute Gasteiger partial charge is 0.187 e. The van der Waals surface area contributed by atoms with E-state index in [0.717, 1.165) is 0 Å². The van der Waals surface area contributed by atoms with Gasteiger partial charge in [0.2, 0.25) is 0 Å². The molecular formula is C20H40N6O10. The van der Waals surface area contributed by atoms with Crippen LogP contribution in [-0.4, -0.2) is 134 Å². The number of guanidine groups is 1. The molecule has 36 heavy (non-hydrogen) atoms. The monoisotopic (exact) mass is 524 g/mol. The predicted molar refractivity (Wildman–Crippen MR) is 122 cm³/mol. The molecule has 16 atom stereocenters. The van der Waals surface area contributed by atoms with E-state index in [2.05, 4.69) is 5.32 Å². The molecule has 0 aromatic rings. The highest BCUT2D eigenvalue weighted by Gasteiger charge is 2.53. The Morgan fingerprint density at radius 2 is 1.39 bits per heavy atom. The Labute approximate surface area is 207 Å². The minimum Gasteiger partial charge on any atom is -0.391 e. The first-order chi connectivity index (χ1) is 16.7. The predicted octanol–water partition coefficient (Wildman–Crippen LogP) is -6.35. The minimum absolute atomic E-state index is 0.109. The summed E-state index contributed by atoms with van der Waals surface area (Å²) in [5, 5.41) is 72.2. The molecule has 0 aromatic carbocycles. The van der Waals surface area contributed by atoms with Crippen LogP contribution in [0.1, 0.15) is 20.3 Å². The zero-order chi connectivity index (χ0) is 27.1. The van der Waals surface area contributed by atoms with Gasteiger partial charge in [-0.3, -0.25) is 5.41 Å². The summed E-state index contributed by atoms with van der Waals surface area (Å²) in [6, 6.07) is -3.57. The first-order valence-corrected chi connectivity index (χ1v) is 11.8. The number of aliphatic hydroxyl groups is 6. The molecule has 16 N–H and O–H groups in total. The lowest BCUT2D eigenvalue weighted by molar-refractivity contribution is -0.315. The van der Waals surface area contributed by atoms with E-state index in [4.69, 9.17) is 47.3 Å². The number of rotatable bonds is 7. The average molecular weight is 525 g/mol. The summed E-state index contributed by atoms with van der Waals surface area (Å²) in [7, 11) is 0. The van der Waals surface area contributed by atoms with E-state index in [-0.39, 0.29) is 12.4 Å². The van der Waals surface area contributed by atoms with Crippen molar-refractivity contribution in [3.05, 3.63) is 0 Å². The zero-order valence-electron chi connectivity index (χ0n) is 20.1. The Kier molecular flexibility index (Phi) is 9.48. The first-order valence-electron chi connectivity index (χ1n) is 11.8. The summed E-state index contributed by atoms with van der Waals surface area (Å²) in [4.78, 5) is 0. The summed E-state index contributed by atoms with van der Waals surface area (Å²) in [6.45, 7) is 2.94. The lowest BCUT2D eigenvalue weighted by Crippen LogP contribution is -2.68. The van der Waals surface area contributed by atoms with Gasteiger partial charge in [-0.2, -0.15) is 0 Å². The van der Waals surface area contributed by atoms with E-state index in [0.29, 0.717) is 0 Å². The van der Waals surface area contributed by atoms with Gasteiger partial charge in [0.25, 0.3) is 0 Å². The van der Waals surface area contributed by atoms with Gasteiger partial charge in [0, 0.05) is 12.1 Å². The summed E-state index contributed by atoms with van der Waals surface area (Å²) in [5.74, 6) is -0.364. The van der Waals surface area contributed by atoms with Crippen molar-refractivity contribution < 1.29 is 49.6 Å². The van der Waals surface area contributed by atoms with Crippen molar-refractivity contribution in [3.63, 3.8) is 0 Å². The Morgan fingerprint density at radius 3 is 1.97 bits per heavy atom. The van der Waals surface area contributed by atoms with Gasteiger partial charge < -0.3 is 77.8 Å². The van der Waals surface area contributed by atoms with Gasteiger partial charge in [-0.25, -0.2) is 0 Å². The highest BCUT2D eigenvalue weighted by molar-refractivity contribution is 5.74. The van der Waals surface area contributed by atoms with Crippen molar-refractivity contribution >= 4 is 5.96 Å². The second kappa shape index (κ2) is 11.6. The average Bonchev–Trinajstić information content (AvgIpc) is 3.07. The van der Waals surface area contributed by atoms with Crippen LogP contribution in [0.15, 0.2) is 0 Å². The molecule has 0 amide bonds. The fourth-order valence-electron chi connectivity index (χ4n) is 4.87. The van der Waals surface area contributed by atoms with Gasteiger partial charge in [-0.05, 0) is 20.3 Å². The van der Waals surface area contributed by atoms with Gasteiger partial charge in [0.05, 0.1) is 24.3 Å². The van der Waals surface area contributed by atoms with E-state index in [9.17, 15) is 30.6 Å². The number of nitrogens with one attached hydrogen (secondary N) is 2. The molecule has 0 aromatic heterocycles. The number of hydrogen-bond acceptors (Lipinski definition) is 14. The van der Waals surface area contributed by atoms with Crippen molar-refractivity contribution in [1.82, 2.24) is 5.32 Å². The molecule has 210 valence electrons. The van der Waals surface area contributed by atoms with Gasteiger partial charge >= 0.3 is 0 Å². The largest absolute Gasteiger partial charge is 0.391 e. The summed E-state index contributed by atoms with van der Waals surface area (Å²) < 4.78 is 23.1. The molecule has 0 spiro atoms. The van der Waals surface area contributed by atoms with Gasteiger partial charge in [-0.15, -0.1) is 0 Å². The lowest BCUT2D eigenvalue weighted by Gasteiger charge is -2.47. The molecule has 0 bridgehead atoms. The maximum Gasteiger partial charge on any atom is 0.187 e. The Bertz CT molecular complexity index is 754. The molecule has 1 aliphatic carbocycles. The van der Waals surface area contributed by atoms with Crippen LogP contribution in [0.2, 0.25) is 0 Å². The number of ether oxygens (including phenoxy) is 4. The zero-order valence-corrected chi connectivity index (χ0v) is 20.1. The molecule has 1 saturated carbocycles. The van der Waals surface area contributed by atoms with E-state index < -0.39 is 97.8 Å². The van der Waals surface area contributed by atoms with Crippen LogP contribution in [0.3, 0.4) is 0 Å². The molecule has 16 heteroatoms. The Hall–Kier alpha value is -1.25. The second-order valence-electron chi connectivity index (χ2n) is 9.82. The molecule has 3 fully saturated rings. The van der Waals surface area contributed by atoms with Crippen molar-refractivity contribution in [2.45, 2.75) is 118 Å². The van der Waals surface area contributed by atoms with E-state index in [1.54, 1.807) is 6.92 Å². The van der Waals surface area contributed by atoms with Crippen molar-refractivity contribution in [3.8, 4) is 0 Å². The molecule has 2 aliphatic heterocycles. The van der Waals surface area contributed by atoms with Crippen LogP contribution in [0.4, 0.5) is 0 Å². The number of nitrogens with two attached hydrogens (primary N) is 4. The van der Waals surface area contributed by atoms with Gasteiger partial charge in [0.15, 0.2) is 18.5 Å². The summed E-state index contributed by atoms with van der Waals surface area (Å²) >= 11 is 0. The van der Waals surface area contributed by atoms with E-state index in [1.807, 2.05) is 0 Å². The lowest BCUT2D eigenvalue weighted by atomic mass is 9.84. The summed E-state index contributed by atoms with van der Waals surface area (Å²) in [5.41, 5.74) is 23.6. The van der Waals surface area contributed by atoms with Crippen LogP contribution in [-0.2, 0) is 18.9 Å². The molecule has 3 rings (SSSR count). The van der Waals surface area contributed by atoms with E-state index >= 15 is 0 Å². The normalized spacial score (nSPS) is 49.4. The summed E-state index contributed by atoms with van der Waals surface area (Å²) in [6.07, 6.45) is -15.8. The van der Waals surface area contributed by atoms with Crippen LogP contribution >= 0.6 is 0 Å². The van der Waals surface area contributed by atoms with Crippen LogP contribution in [0.25, 0.3) is 0 Å². The van der Waals surface area contributed by atoms with Crippen LogP contribution in [0.5, 0.6) is 0 Å². The maximum atomic E-state index is 10.8. The maximum absolute atomic E-state index is 10.8. The Balaban J connectivity index is 1.79. The molecule has 8 unspecified atom stereocenters.